The molecule has 1 N–H and O–H groups in total. The number of carbonyl (C=O) groups is 4. The van der Waals surface area contributed by atoms with E-state index in [0.717, 1.165) is 19.3 Å². The Morgan fingerprint density at radius 1 is 1.00 bits per heavy atom. The zero-order valence-corrected chi connectivity index (χ0v) is 20.9. The Balaban J connectivity index is 1.37. The molecular formula is C25H40N2O7. The summed E-state index contributed by atoms with van der Waals surface area (Å²) in [7, 11) is 0. The van der Waals surface area contributed by atoms with E-state index >= 15 is 0 Å². The van der Waals surface area contributed by atoms with Crippen LogP contribution in [-0.2, 0) is 33.5 Å². The van der Waals surface area contributed by atoms with Gasteiger partial charge in [0.05, 0.1) is 6.10 Å². The maximum Gasteiger partial charge on any atom is 0.333 e. The highest BCUT2D eigenvalue weighted by Crippen LogP contribution is 2.36. The van der Waals surface area contributed by atoms with Crippen LogP contribution in [-0.4, -0.2) is 54.3 Å². The van der Waals surface area contributed by atoms with E-state index in [1.807, 2.05) is 0 Å². The first-order valence-corrected chi connectivity index (χ1v) is 12.8. The lowest BCUT2D eigenvalue weighted by atomic mass is 9.79. The van der Waals surface area contributed by atoms with Gasteiger partial charge >= 0.3 is 5.97 Å². The molecular weight excluding hydrogens is 440 g/mol. The summed E-state index contributed by atoms with van der Waals surface area (Å²) in [5, 5.41) is 3.68. The van der Waals surface area contributed by atoms with E-state index in [1.54, 1.807) is 0 Å². The second kappa shape index (κ2) is 12.1. The fraction of sp³-hybridized carbons (Fsp3) is 0.840. The molecule has 1 saturated carbocycles. The van der Waals surface area contributed by atoms with Crippen LogP contribution in [0.4, 0.5) is 0 Å². The van der Waals surface area contributed by atoms with Gasteiger partial charge in [-0.25, -0.2) is 4.79 Å². The number of unbranched alkanes of at least 4 members (excludes halogenated alkanes) is 1. The van der Waals surface area contributed by atoms with Crippen LogP contribution in [0.25, 0.3) is 0 Å². The van der Waals surface area contributed by atoms with Gasteiger partial charge in [0.15, 0.2) is 6.29 Å². The van der Waals surface area contributed by atoms with Crippen molar-refractivity contribution >= 4 is 23.7 Å². The Morgan fingerprint density at radius 2 is 1.71 bits per heavy atom. The molecule has 0 bridgehead atoms. The average molecular weight is 481 g/mol. The van der Waals surface area contributed by atoms with Crippen molar-refractivity contribution in [3.8, 4) is 0 Å². The minimum Gasteiger partial charge on any atom is -0.353 e. The predicted molar refractivity (Wildman–Crippen MR) is 123 cm³/mol. The Bertz CT molecular complexity index is 742. The average Bonchev–Trinajstić information content (AvgIpc) is 3.38. The van der Waals surface area contributed by atoms with E-state index in [-0.39, 0.29) is 49.4 Å². The number of hydrogen-bond donors (Lipinski definition) is 1. The van der Waals surface area contributed by atoms with Gasteiger partial charge < -0.3 is 19.6 Å². The molecule has 3 aliphatic rings. The van der Waals surface area contributed by atoms with Crippen molar-refractivity contribution in [3.63, 3.8) is 0 Å². The van der Waals surface area contributed by atoms with Gasteiger partial charge in [-0.1, -0.05) is 27.7 Å². The summed E-state index contributed by atoms with van der Waals surface area (Å²) >= 11 is 0. The molecule has 192 valence electrons. The molecule has 34 heavy (non-hydrogen) atoms. The molecule has 3 amide bonds. The summed E-state index contributed by atoms with van der Waals surface area (Å²) in [4.78, 5) is 52.3. The Morgan fingerprint density at radius 3 is 2.35 bits per heavy atom. The van der Waals surface area contributed by atoms with Crippen molar-refractivity contribution < 1.29 is 33.5 Å². The molecule has 7 unspecified atom stereocenters. The number of hydrogen-bond acceptors (Lipinski definition) is 7. The molecule has 0 spiro atoms. The molecule has 0 aromatic rings. The summed E-state index contributed by atoms with van der Waals surface area (Å²) in [6.45, 7) is 9.57. The second-order valence-electron chi connectivity index (χ2n) is 10.4. The highest BCUT2D eigenvalue weighted by molar-refractivity contribution is 6.01. The van der Waals surface area contributed by atoms with E-state index in [2.05, 4.69) is 33.0 Å². The first kappa shape index (κ1) is 26.6. The zero-order valence-electron chi connectivity index (χ0n) is 20.9. The van der Waals surface area contributed by atoms with E-state index < -0.39 is 17.8 Å². The summed E-state index contributed by atoms with van der Waals surface area (Å²) in [6, 6.07) is 0. The van der Waals surface area contributed by atoms with Crippen molar-refractivity contribution in [2.75, 3.05) is 13.2 Å². The van der Waals surface area contributed by atoms with E-state index in [9.17, 15) is 19.2 Å². The van der Waals surface area contributed by atoms with Gasteiger partial charge in [-0.15, -0.1) is 5.06 Å². The Labute approximate surface area is 202 Å². The molecule has 3 rings (SSSR count). The minimum absolute atomic E-state index is 0.0844. The molecule has 2 aliphatic heterocycles. The quantitative estimate of drug-likeness (QED) is 0.378. The maximum atomic E-state index is 12.5. The van der Waals surface area contributed by atoms with E-state index in [1.165, 1.54) is 0 Å². The molecule has 0 aromatic carbocycles. The van der Waals surface area contributed by atoms with E-state index in [0.29, 0.717) is 48.8 Å². The smallest absolute Gasteiger partial charge is 0.333 e. The number of imide groups is 1. The van der Waals surface area contributed by atoms with Crippen LogP contribution in [0.1, 0.15) is 79.1 Å². The molecule has 7 atom stereocenters. The first-order valence-electron chi connectivity index (χ1n) is 12.8. The van der Waals surface area contributed by atoms with Gasteiger partial charge in [0.2, 0.25) is 5.91 Å². The normalized spacial score (nSPS) is 33.9. The standard InChI is InChI=1S/C25H40N2O7/c1-15-8-9-19(13-15)24(31)26-14-20-17(3)16(2)18(4)25(33-20)32-12-6-5-7-23(30)34-27-21(28)10-11-22(27)29/h15-20,25H,5-14H2,1-4H3,(H,26,31). The highest BCUT2D eigenvalue weighted by atomic mass is 16.7. The maximum absolute atomic E-state index is 12.5. The summed E-state index contributed by atoms with van der Waals surface area (Å²) < 4.78 is 12.3. The van der Waals surface area contributed by atoms with Crippen LogP contribution in [0, 0.1) is 29.6 Å². The van der Waals surface area contributed by atoms with E-state index in [4.69, 9.17) is 14.3 Å². The molecule has 2 heterocycles. The van der Waals surface area contributed by atoms with Crippen molar-refractivity contribution in [1.82, 2.24) is 10.4 Å². The number of nitrogens with one attached hydrogen (secondary N) is 1. The highest BCUT2D eigenvalue weighted by Gasteiger charge is 2.40. The fourth-order valence-electron chi connectivity index (χ4n) is 5.08. The molecule has 1 aliphatic carbocycles. The summed E-state index contributed by atoms with van der Waals surface area (Å²) in [5.74, 6) is 0.191. The third-order valence-corrected chi connectivity index (χ3v) is 7.78. The third-order valence-electron chi connectivity index (χ3n) is 7.78. The van der Waals surface area contributed by atoms with Gasteiger partial charge in [0, 0.05) is 44.2 Å². The monoisotopic (exact) mass is 480 g/mol. The largest absolute Gasteiger partial charge is 0.353 e. The lowest BCUT2D eigenvalue weighted by Gasteiger charge is -2.43. The van der Waals surface area contributed by atoms with Gasteiger partial charge in [-0.3, -0.25) is 14.4 Å². The lowest BCUT2D eigenvalue weighted by molar-refractivity contribution is -0.246. The van der Waals surface area contributed by atoms with Crippen LogP contribution >= 0.6 is 0 Å². The van der Waals surface area contributed by atoms with Crippen LogP contribution in [0.5, 0.6) is 0 Å². The van der Waals surface area contributed by atoms with Crippen LogP contribution in [0.15, 0.2) is 0 Å². The Hall–Kier alpha value is -2.00. The molecule has 0 aromatic heterocycles. The number of hydroxylamine groups is 2. The SMILES string of the molecule is CC1CCC(C(=O)NCC2OC(OCCCCC(=O)ON3C(=O)CCC3=O)C(C)C(C)C2C)C1. The molecule has 9 nitrogen and oxygen atoms in total. The summed E-state index contributed by atoms with van der Waals surface area (Å²) in [6.07, 6.45) is 3.97. The van der Waals surface area contributed by atoms with Gasteiger partial charge in [-0.2, -0.15) is 0 Å². The van der Waals surface area contributed by atoms with Crippen LogP contribution in [0.2, 0.25) is 0 Å². The van der Waals surface area contributed by atoms with Crippen LogP contribution < -0.4 is 5.32 Å². The molecule has 2 saturated heterocycles. The minimum atomic E-state index is -0.596. The van der Waals surface area contributed by atoms with Gasteiger partial charge in [-0.05, 0) is 49.9 Å². The second-order valence-corrected chi connectivity index (χ2v) is 10.4. The first-order chi connectivity index (χ1) is 16.2. The van der Waals surface area contributed by atoms with Crippen molar-refractivity contribution in [2.45, 2.75) is 91.5 Å². The van der Waals surface area contributed by atoms with Crippen molar-refractivity contribution in [3.05, 3.63) is 0 Å². The molecule has 0 radical (unpaired) electrons. The lowest BCUT2D eigenvalue weighted by Crippen LogP contribution is -2.50. The van der Waals surface area contributed by atoms with Crippen molar-refractivity contribution in [2.24, 2.45) is 29.6 Å². The topological polar surface area (TPSA) is 111 Å². The number of ether oxygens (including phenoxy) is 2. The fourth-order valence-corrected chi connectivity index (χ4v) is 5.08. The molecule has 9 heteroatoms. The number of nitrogens with zero attached hydrogens (tertiary/aromatic N) is 1. The van der Waals surface area contributed by atoms with Gasteiger partial charge in [0.1, 0.15) is 0 Å². The number of carbonyl (C=O) groups excluding carboxylic acids is 4. The predicted octanol–water partition coefficient (Wildman–Crippen LogP) is 2.97. The number of amides is 3. The third kappa shape index (κ3) is 6.78. The Kier molecular flexibility index (Phi) is 9.47. The van der Waals surface area contributed by atoms with Crippen molar-refractivity contribution in [1.29, 1.82) is 0 Å². The van der Waals surface area contributed by atoms with Gasteiger partial charge in [0.25, 0.3) is 11.8 Å². The van der Waals surface area contributed by atoms with Crippen LogP contribution in [0.3, 0.4) is 0 Å². The number of rotatable bonds is 10. The zero-order chi connectivity index (χ0) is 24.8. The summed E-state index contributed by atoms with van der Waals surface area (Å²) in [5.41, 5.74) is 0. The molecule has 3 fully saturated rings.